The van der Waals surface area contributed by atoms with Crippen LogP contribution in [0.4, 0.5) is 0 Å². The Balaban J connectivity index is 2.03. The smallest absolute Gasteiger partial charge is 0.305 e. The number of carbonyl (C=O) groups excluding carboxylic acids is 2. The van der Waals surface area contributed by atoms with Gasteiger partial charge in [-0.25, -0.2) is 0 Å². The zero-order valence-corrected chi connectivity index (χ0v) is 14.3. The van der Waals surface area contributed by atoms with Crippen LogP contribution in [0.1, 0.15) is 32.6 Å². The molecule has 0 bridgehead atoms. The van der Waals surface area contributed by atoms with E-state index in [-0.39, 0.29) is 31.4 Å². The van der Waals surface area contributed by atoms with Gasteiger partial charge in [0, 0.05) is 17.3 Å². The predicted octanol–water partition coefficient (Wildman–Crippen LogP) is 3.49. The number of benzene rings is 1. The fraction of sp³-hybridized carbons (Fsp3) is 0.500. The summed E-state index contributed by atoms with van der Waals surface area (Å²) in [6.07, 6.45) is 1.69. The molecule has 0 saturated heterocycles. The van der Waals surface area contributed by atoms with Crippen molar-refractivity contribution in [2.75, 3.05) is 19.8 Å². The molecular formula is C16H21BrO5. The molecule has 1 aromatic carbocycles. The molecule has 0 aliphatic rings. The number of carbonyl (C=O) groups is 2. The van der Waals surface area contributed by atoms with Crippen molar-refractivity contribution < 1.29 is 23.8 Å². The Labute approximate surface area is 139 Å². The lowest BCUT2D eigenvalue weighted by molar-refractivity contribution is -0.145. The second kappa shape index (κ2) is 11.1. The predicted molar refractivity (Wildman–Crippen MR) is 85.7 cm³/mol. The highest BCUT2D eigenvalue weighted by atomic mass is 79.9. The molecule has 5 nitrogen and oxygen atoms in total. The Morgan fingerprint density at radius 1 is 0.955 bits per heavy atom. The summed E-state index contributed by atoms with van der Waals surface area (Å²) < 4.78 is 16.3. The average molecular weight is 373 g/mol. The third-order valence-corrected chi connectivity index (χ3v) is 3.19. The van der Waals surface area contributed by atoms with Gasteiger partial charge in [-0.2, -0.15) is 0 Å². The molecule has 0 radical (unpaired) electrons. The molecule has 0 heterocycles. The van der Waals surface area contributed by atoms with Gasteiger partial charge in [0.25, 0.3) is 0 Å². The molecule has 1 rings (SSSR count). The number of hydrogen-bond donors (Lipinski definition) is 0. The summed E-state index contributed by atoms with van der Waals surface area (Å²) in [5.41, 5.74) is 0. The topological polar surface area (TPSA) is 61.8 Å². The molecule has 6 heteroatoms. The van der Waals surface area contributed by atoms with Crippen LogP contribution in [0.5, 0.6) is 5.75 Å². The van der Waals surface area contributed by atoms with E-state index >= 15 is 0 Å². The minimum Gasteiger partial charge on any atom is -0.490 e. The first-order valence-corrected chi connectivity index (χ1v) is 8.10. The highest BCUT2D eigenvalue weighted by Gasteiger charge is 2.07. The zero-order valence-electron chi connectivity index (χ0n) is 12.7. The van der Waals surface area contributed by atoms with Crippen molar-refractivity contribution in [3.63, 3.8) is 0 Å². The van der Waals surface area contributed by atoms with E-state index < -0.39 is 0 Å². The summed E-state index contributed by atoms with van der Waals surface area (Å²) in [5, 5.41) is 0. The van der Waals surface area contributed by atoms with E-state index in [1.807, 2.05) is 31.2 Å². The van der Waals surface area contributed by atoms with E-state index in [9.17, 15) is 9.59 Å². The van der Waals surface area contributed by atoms with E-state index in [0.717, 1.165) is 16.6 Å². The fourth-order valence-electron chi connectivity index (χ4n) is 1.58. The maximum Gasteiger partial charge on any atom is 0.305 e. The third-order valence-electron chi connectivity index (χ3n) is 2.66. The number of hydrogen-bond acceptors (Lipinski definition) is 5. The summed E-state index contributed by atoms with van der Waals surface area (Å²) in [4.78, 5) is 22.7. The second-order valence-electron chi connectivity index (χ2n) is 4.60. The number of rotatable bonds is 10. The fourth-order valence-corrected chi connectivity index (χ4v) is 1.85. The van der Waals surface area contributed by atoms with Gasteiger partial charge in [-0.3, -0.25) is 9.59 Å². The van der Waals surface area contributed by atoms with Crippen molar-refractivity contribution in [3.8, 4) is 5.75 Å². The average Bonchev–Trinajstić information content (AvgIpc) is 2.51. The monoisotopic (exact) mass is 372 g/mol. The summed E-state index contributed by atoms with van der Waals surface area (Å²) in [6.45, 7) is 2.85. The zero-order chi connectivity index (χ0) is 16.2. The van der Waals surface area contributed by atoms with Crippen LogP contribution in [0.2, 0.25) is 0 Å². The van der Waals surface area contributed by atoms with Gasteiger partial charge in [0.2, 0.25) is 0 Å². The molecule has 0 fully saturated rings. The lowest BCUT2D eigenvalue weighted by Crippen LogP contribution is -2.13. The van der Waals surface area contributed by atoms with Crippen molar-refractivity contribution in [1.82, 2.24) is 0 Å². The van der Waals surface area contributed by atoms with E-state index in [0.29, 0.717) is 19.6 Å². The molecule has 0 aliphatic heterocycles. The van der Waals surface area contributed by atoms with Crippen LogP contribution in [-0.4, -0.2) is 31.8 Å². The maximum absolute atomic E-state index is 11.5. The molecule has 0 spiro atoms. The van der Waals surface area contributed by atoms with Gasteiger partial charge in [-0.15, -0.1) is 0 Å². The van der Waals surface area contributed by atoms with Gasteiger partial charge >= 0.3 is 11.9 Å². The van der Waals surface area contributed by atoms with Gasteiger partial charge in [0.1, 0.15) is 19.0 Å². The molecule has 0 aromatic heterocycles. The molecule has 0 N–H and O–H groups in total. The summed E-state index contributed by atoms with van der Waals surface area (Å²) in [5.74, 6) is 0.119. The first-order chi connectivity index (χ1) is 10.6. The van der Waals surface area contributed by atoms with Gasteiger partial charge in [-0.1, -0.05) is 22.9 Å². The second-order valence-corrected chi connectivity index (χ2v) is 5.51. The maximum atomic E-state index is 11.5. The van der Waals surface area contributed by atoms with Crippen molar-refractivity contribution in [3.05, 3.63) is 28.7 Å². The Morgan fingerprint density at radius 2 is 1.55 bits per heavy atom. The number of ether oxygens (including phenoxy) is 3. The Bertz CT molecular complexity index is 458. The molecule has 0 aliphatic carbocycles. The van der Waals surface area contributed by atoms with Crippen LogP contribution < -0.4 is 4.74 Å². The quantitative estimate of drug-likeness (QED) is 0.464. The van der Waals surface area contributed by atoms with Crippen LogP contribution in [0, 0.1) is 0 Å². The van der Waals surface area contributed by atoms with Crippen LogP contribution in [0.15, 0.2) is 28.7 Å². The van der Waals surface area contributed by atoms with Crippen molar-refractivity contribution in [1.29, 1.82) is 0 Å². The Kier molecular flexibility index (Phi) is 9.30. The number of esters is 2. The molecule has 122 valence electrons. The molecule has 1 aromatic rings. The minimum absolute atomic E-state index is 0.190. The molecule has 22 heavy (non-hydrogen) atoms. The van der Waals surface area contributed by atoms with E-state index in [1.54, 1.807) is 0 Å². The van der Waals surface area contributed by atoms with Crippen molar-refractivity contribution in [2.24, 2.45) is 0 Å². The highest BCUT2D eigenvalue weighted by molar-refractivity contribution is 9.10. The summed E-state index contributed by atoms with van der Waals surface area (Å²) in [7, 11) is 0. The van der Waals surface area contributed by atoms with E-state index in [4.69, 9.17) is 14.2 Å². The summed E-state index contributed by atoms with van der Waals surface area (Å²) in [6, 6.07) is 7.40. The largest absolute Gasteiger partial charge is 0.490 e. The van der Waals surface area contributed by atoms with E-state index in [2.05, 4.69) is 15.9 Å². The van der Waals surface area contributed by atoms with Crippen LogP contribution in [0.25, 0.3) is 0 Å². The molecule has 0 unspecified atom stereocenters. The molecule has 0 amide bonds. The Morgan fingerprint density at radius 3 is 2.14 bits per heavy atom. The number of halogens is 1. The van der Waals surface area contributed by atoms with Crippen LogP contribution in [-0.2, 0) is 19.1 Å². The highest BCUT2D eigenvalue weighted by Crippen LogP contribution is 2.15. The standard InChI is InChI=1S/C16H21BrO5/c1-2-10-21-15(18)4-3-5-16(19)22-12-11-20-14-8-6-13(17)7-9-14/h6-9H,2-5,10-12H2,1H3. The Hall–Kier alpha value is -1.56. The van der Waals surface area contributed by atoms with Crippen LogP contribution >= 0.6 is 15.9 Å². The summed E-state index contributed by atoms with van der Waals surface area (Å²) >= 11 is 3.34. The normalized spacial score (nSPS) is 10.1. The minimum atomic E-state index is -0.331. The van der Waals surface area contributed by atoms with E-state index in [1.165, 1.54) is 0 Å². The van der Waals surface area contributed by atoms with Crippen molar-refractivity contribution in [2.45, 2.75) is 32.6 Å². The molecule has 0 atom stereocenters. The van der Waals surface area contributed by atoms with Gasteiger partial charge < -0.3 is 14.2 Å². The lowest BCUT2D eigenvalue weighted by Gasteiger charge is -2.07. The van der Waals surface area contributed by atoms with Crippen LogP contribution in [0.3, 0.4) is 0 Å². The first-order valence-electron chi connectivity index (χ1n) is 7.31. The molecular weight excluding hydrogens is 352 g/mol. The molecule has 0 saturated carbocycles. The lowest BCUT2D eigenvalue weighted by atomic mass is 10.2. The first kappa shape index (κ1) is 18.5. The van der Waals surface area contributed by atoms with Gasteiger partial charge in [-0.05, 0) is 37.1 Å². The third kappa shape index (κ3) is 8.67. The van der Waals surface area contributed by atoms with Gasteiger partial charge in [0.15, 0.2) is 0 Å². The van der Waals surface area contributed by atoms with Crippen molar-refractivity contribution >= 4 is 27.9 Å². The SMILES string of the molecule is CCCOC(=O)CCCC(=O)OCCOc1ccc(Br)cc1. The van der Waals surface area contributed by atoms with Gasteiger partial charge in [0.05, 0.1) is 6.61 Å².